The van der Waals surface area contributed by atoms with E-state index in [0.717, 1.165) is 37.7 Å². The van der Waals surface area contributed by atoms with Gasteiger partial charge < -0.3 is 19.8 Å². The molecule has 0 aromatic carbocycles. The third-order valence-corrected chi connectivity index (χ3v) is 5.08. The second-order valence-corrected chi connectivity index (χ2v) is 7.20. The molecule has 0 saturated carbocycles. The zero-order valence-corrected chi connectivity index (χ0v) is 17.0. The quantitative estimate of drug-likeness (QED) is 0.274. The SMILES string of the molecule is C=C/C=C\C(=C/C)CC(O)CC[C@H]1CCCC(=O)N1CCCCCOC(=O)O. The van der Waals surface area contributed by atoms with Crippen LogP contribution in [0.25, 0.3) is 0 Å². The highest BCUT2D eigenvalue weighted by molar-refractivity contribution is 5.77. The van der Waals surface area contributed by atoms with Gasteiger partial charge in [0.15, 0.2) is 0 Å². The topological polar surface area (TPSA) is 87.1 Å². The maximum Gasteiger partial charge on any atom is 0.505 e. The molecule has 1 unspecified atom stereocenters. The van der Waals surface area contributed by atoms with E-state index in [1.54, 1.807) is 6.08 Å². The van der Waals surface area contributed by atoms with Gasteiger partial charge >= 0.3 is 6.16 Å². The molecule has 2 atom stereocenters. The number of ether oxygens (including phenoxy) is 1. The van der Waals surface area contributed by atoms with Crippen LogP contribution < -0.4 is 0 Å². The molecular weight excluding hydrogens is 358 g/mol. The Kier molecular flexibility index (Phi) is 12.0. The summed E-state index contributed by atoms with van der Waals surface area (Å²) in [7, 11) is 0. The van der Waals surface area contributed by atoms with Crippen molar-refractivity contribution in [3.05, 3.63) is 36.5 Å². The Bertz CT molecular complexity index is 555. The number of nitrogens with zero attached hydrogens (tertiary/aromatic N) is 1. The van der Waals surface area contributed by atoms with Gasteiger partial charge in [-0.2, -0.15) is 0 Å². The Labute approximate surface area is 168 Å². The third-order valence-electron chi connectivity index (χ3n) is 5.08. The number of allylic oxidation sites excluding steroid dienone is 4. The summed E-state index contributed by atoms with van der Waals surface area (Å²) in [5.41, 5.74) is 1.08. The molecule has 0 aliphatic carbocycles. The van der Waals surface area contributed by atoms with E-state index in [1.165, 1.54) is 0 Å². The number of aliphatic hydroxyl groups is 1. The number of rotatable bonds is 13. The van der Waals surface area contributed by atoms with Gasteiger partial charge in [-0.1, -0.05) is 30.9 Å². The summed E-state index contributed by atoms with van der Waals surface area (Å²) in [6, 6.07) is 0.184. The molecule has 0 aromatic rings. The Morgan fingerprint density at radius 3 is 2.86 bits per heavy atom. The van der Waals surface area contributed by atoms with Gasteiger partial charge in [0.05, 0.1) is 12.7 Å². The fraction of sp³-hybridized carbons (Fsp3) is 0.636. The molecule has 1 amide bonds. The van der Waals surface area contributed by atoms with Crippen LogP contribution in [0.2, 0.25) is 0 Å². The third kappa shape index (κ3) is 9.74. The number of hydrogen-bond acceptors (Lipinski definition) is 4. The maximum atomic E-state index is 12.3. The monoisotopic (exact) mass is 393 g/mol. The minimum absolute atomic E-state index is 0.184. The smallest absolute Gasteiger partial charge is 0.450 e. The average molecular weight is 394 g/mol. The molecule has 1 saturated heterocycles. The molecule has 6 heteroatoms. The largest absolute Gasteiger partial charge is 0.505 e. The zero-order valence-electron chi connectivity index (χ0n) is 17.0. The number of hydrogen-bond donors (Lipinski definition) is 2. The first kappa shape index (κ1) is 24.0. The fourth-order valence-corrected chi connectivity index (χ4v) is 3.55. The molecule has 1 aliphatic heterocycles. The van der Waals surface area contributed by atoms with Crippen molar-refractivity contribution < 1.29 is 24.5 Å². The van der Waals surface area contributed by atoms with Gasteiger partial charge in [0.2, 0.25) is 5.91 Å². The van der Waals surface area contributed by atoms with Crippen LogP contribution in [0.1, 0.15) is 64.7 Å². The summed E-state index contributed by atoms with van der Waals surface area (Å²) >= 11 is 0. The van der Waals surface area contributed by atoms with Crippen LogP contribution in [0.3, 0.4) is 0 Å². The number of unbranched alkanes of at least 4 members (excludes halogenated alkanes) is 2. The Morgan fingerprint density at radius 2 is 2.18 bits per heavy atom. The van der Waals surface area contributed by atoms with Crippen molar-refractivity contribution in [2.24, 2.45) is 0 Å². The lowest BCUT2D eigenvalue weighted by Gasteiger charge is -2.36. The predicted molar refractivity (Wildman–Crippen MR) is 110 cm³/mol. The van der Waals surface area contributed by atoms with Crippen LogP contribution in [0.4, 0.5) is 4.79 Å². The summed E-state index contributed by atoms with van der Waals surface area (Å²) < 4.78 is 4.50. The van der Waals surface area contributed by atoms with Gasteiger partial charge in [-0.05, 0) is 63.9 Å². The first-order chi connectivity index (χ1) is 13.5. The molecule has 158 valence electrons. The van der Waals surface area contributed by atoms with E-state index >= 15 is 0 Å². The van der Waals surface area contributed by atoms with Crippen LogP contribution in [0.5, 0.6) is 0 Å². The number of aliphatic hydroxyl groups excluding tert-OH is 1. The van der Waals surface area contributed by atoms with Crippen molar-refractivity contribution in [3.63, 3.8) is 0 Å². The van der Waals surface area contributed by atoms with Crippen LogP contribution in [0, 0.1) is 0 Å². The summed E-state index contributed by atoms with van der Waals surface area (Å²) in [6.45, 7) is 6.51. The lowest BCUT2D eigenvalue weighted by atomic mass is 9.94. The van der Waals surface area contributed by atoms with Gasteiger partial charge in [0, 0.05) is 19.0 Å². The van der Waals surface area contributed by atoms with Gasteiger partial charge in [-0.15, -0.1) is 0 Å². The second-order valence-electron chi connectivity index (χ2n) is 7.20. The first-order valence-electron chi connectivity index (χ1n) is 10.3. The van der Waals surface area contributed by atoms with Crippen LogP contribution in [0.15, 0.2) is 36.5 Å². The molecule has 2 N–H and O–H groups in total. The van der Waals surface area contributed by atoms with Gasteiger partial charge in [0.25, 0.3) is 0 Å². The lowest BCUT2D eigenvalue weighted by molar-refractivity contribution is -0.136. The Morgan fingerprint density at radius 1 is 1.39 bits per heavy atom. The van der Waals surface area contributed by atoms with Crippen molar-refractivity contribution >= 4 is 12.1 Å². The number of piperidine rings is 1. The van der Waals surface area contributed by atoms with Gasteiger partial charge in [-0.3, -0.25) is 4.79 Å². The number of carboxylic acid groups (broad SMARTS) is 1. The molecule has 6 nitrogen and oxygen atoms in total. The molecule has 1 fully saturated rings. The van der Waals surface area contributed by atoms with Crippen LogP contribution >= 0.6 is 0 Å². The molecule has 0 aromatic heterocycles. The van der Waals surface area contributed by atoms with E-state index in [-0.39, 0.29) is 18.6 Å². The minimum Gasteiger partial charge on any atom is -0.450 e. The Hall–Kier alpha value is -2.08. The van der Waals surface area contributed by atoms with E-state index in [4.69, 9.17) is 5.11 Å². The molecule has 0 radical (unpaired) electrons. The average Bonchev–Trinajstić information content (AvgIpc) is 2.67. The Balaban J connectivity index is 2.41. The molecule has 28 heavy (non-hydrogen) atoms. The standard InChI is InChI=1S/C22H35NO5/c1-3-5-10-18(4-2)17-20(24)14-13-19-11-9-12-21(25)23(19)15-7-6-8-16-28-22(26)27/h3-5,10,19-20,24H,1,6-9,11-17H2,2H3,(H,26,27)/b10-5-,18-4+/t19-,20?/m1/s1. The van der Waals surface area contributed by atoms with E-state index < -0.39 is 12.3 Å². The van der Waals surface area contributed by atoms with E-state index in [2.05, 4.69) is 11.3 Å². The molecule has 0 bridgehead atoms. The highest BCUT2D eigenvalue weighted by Crippen LogP contribution is 2.24. The van der Waals surface area contributed by atoms with Gasteiger partial charge in [0.1, 0.15) is 0 Å². The number of carbonyl (C=O) groups excluding carboxylic acids is 1. The molecule has 0 spiro atoms. The highest BCUT2D eigenvalue weighted by Gasteiger charge is 2.27. The van der Waals surface area contributed by atoms with Crippen LogP contribution in [-0.4, -0.2) is 52.5 Å². The van der Waals surface area contributed by atoms with Crippen LogP contribution in [-0.2, 0) is 9.53 Å². The van der Waals surface area contributed by atoms with Crippen molar-refractivity contribution in [2.75, 3.05) is 13.2 Å². The first-order valence-corrected chi connectivity index (χ1v) is 10.3. The number of carbonyl (C=O) groups is 2. The van der Waals surface area contributed by atoms with Crippen molar-refractivity contribution in [1.82, 2.24) is 4.90 Å². The lowest BCUT2D eigenvalue weighted by Crippen LogP contribution is -2.44. The predicted octanol–water partition coefficient (Wildman–Crippen LogP) is 4.45. The molecule has 1 heterocycles. The van der Waals surface area contributed by atoms with E-state index in [0.29, 0.717) is 32.2 Å². The molecular formula is C22H35NO5. The minimum atomic E-state index is -1.24. The summed E-state index contributed by atoms with van der Waals surface area (Å²) in [5.74, 6) is 0.190. The van der Waals surface area contributed by atoms with E-state index in [1.807, 2.05) is 30.1 Å². The molecule has 1 rings (SSSR count). The summed E-state index contributed by atoms with van der Waals surface area (Å²) in [5, 5.41) is 18.8. The van der Waals surface area contributed by atoms with Crippen molar-refractivity contribution in [3.8, 4) is 0 Å². The van der Waals surface area contributed by atoms with Crippen molar-refractivity contribution in [2.45, 2.75) is 76.9 Å². The normalized spacial score (nSPS) is 19.1. The number of likely N-dealkylation sites (tertiary alicyclic amines) is 1. The van der Waals surface area contributed by atoms with E-state index in [9.17, 15) is 14.7 Å². The van der Waals surface area contributed by atoms with Gasteiger partial charge in [-0.25, -0.2) is 4.79 Å². The van der Waals surface area contributed by atoms with Crippen molar-refractivity contribution in [1.29, 1.82) is 0 Å². The second kappa shape index (κ2) is 14.0. The highest BCUT2D eigenvalue weighted by atomic mass is 16.7. The zero-order chi connectivity index (χ0) is 20.8. The molecule has 1 aliphatic rings. The summed E-state index contributed by atoms with van der Waals surface area (Å²) in [4.78, 5) is 24.6. The number of amides is 1. The summed E-state index contributed by atoms with van der Waals surface area (Å²) in [6.07, 6.45) is 12.8. The maximum absolute atomic E-state index is 12.3. The fourth-order valence-electron chi connectivity index (χ4n) is 3.55.